The number of hydrogen-bond acceptors (Lipinski definition) is 4. The molecule has 0 bridgehead atoms. The first kappa shape index (κ1) is 27.1. The van der Waals surface area contributed by atoms with Crippen molar-refractivity contribution in [3.05, 3.63) is 136 Å². The molecule has 9 rings (SSSR count). The van der Waals surface area contributed by atoms with Crippen molar-refractivity contribution >= 4 is 45.8 Å². The minimum absolute atomic E-state index is 0.00453. The zero-order valence-electron chi connectivity index (χ0n) is 25.6. The largest absolute Gasteiger partial charge is 0.478 e. The summed E-state index contributed by atoms with van der Waals surface area (Å²) in [4.78, 5) is 41.1. The molecule has 0 amide bonds. The van der Waals surface area contributed by atoms with Crippen LogP contribution in [0.25, 0.3) is 28.0 Å². The van der Waals surface area contributed by atoms with Crippen LogP contribution in [0.15, 0.2) is 96.6 Å². The highest BCUT2D eigenvalue weighted by Gasteiger charge is 2.44. The van der Waals surface area contributed by atoms with E-state index in [0.717, 1.165) is 35.6 Å². The van der Waals surface area contributed by atoms with Crippen molar-refractivity contribution in [3.8, 4) is 11.1 Å². The number of nitrogens with zero attached hydrogens (tertiary/aromatic N) is 1. The Morgan fingerprint density at radius 1 is 0.783 bits per heavy atom. The molecule has 5 heteroatoms. The van der Waals surface area contributed by atoms with Crippen LogP contribution in [0.3, 0.4) is 0 Å². The first-order valence-electron chi connectivity index (χ1n) is 16.0. The number of anilines is 2. The van der Waals surface area contributed by atoms with Crippen molar-refractivity contribution < 1.29 is 19.5 Å². The minimum atomic E-state index is -1.13. The number of hydrogen-bond donors (Lipinski definition) is 1. The van der Waals surface area contributed by atoms with E-state index in [9.17, 15) is 19.5 Å². The van der Waals surface area contributed by atoms with E-state index in [1.165, 1.54) is 57.4 Å². The van der Waals surface area contributed by atoms with Gasteiger partial charge in [-0.05, 0) is 94.1 Å². The zero-order valence-corrected chi connectivity index (χ0v) is 25.6. The molecule has 0 spiro atoms. The van der Waals surface area contributed by atoms with Crippen molar-refractivity contribution in [1.29, 1.82) is 0 Å². The van der Waals surface area contributed by atoms with Crippen LogP contribution in [0.4, 0.5) is 11.4 Å². The van der Waals surface area contributed by atoms with Gasteiger partial charge in [0.2, 0.25) is 0 Å². The zero-order chi connectivity index (χ0) is 31.5. The normalized spacial score (nSPS) is 21.0. The molecule has 2 unspecified atom stereocenters. The van der Waals surface area contributed by atoms with E-state index in [2.05, 4.69) is 85.5 Å². The fraction of sp³-hybridized carbons (Fsp3) is 0.195. The molecule has 5 nitrogen and oxygen atoms in total. The number of allylic oxidation sites excluding steroid dienone is 1. The quantitative estimate of drug-likeness (QED) is 0.165. The number of ketones is 2. The summed E-state index contributed by atoms with van der Waals surface area (Å²) in [5, 5.41) is 11.5. The lowest BCUT2D eigenvalue weighted by Crippen LogP contribution is -2.26. The molecule has 1 saturated carbocycles. The van der Waals surface area contributed by atoms with Crippen LogP contribution in [0.2, 0.25) is 0 Å². The van der Waals surface area contributed by atoms with Gasteiger partial charge in [-0.15, -0.1) is 0 Å². The van der Waals surface area contributed by atoms with Gasteiger partial charge < -0.3 is 10.0 Å². The van der Waals surface area contributed by atoms with Crippen LogP contribution in [-0.2, 0) is 5.41 Å². The number of Topliss-reactive ketones (excluding diaryl/α,β-unsaturated/α-hetero) is 2. The average Bonchev–Trinajstić information content (AvgIpc) is 3.78. The highest BCUT2D eigenvalue weighted by molar-refractivity contribution is 6.41. The Hall–Kier alpha value is -5.29. The van der Waals surface area contributed by atoms with Crippen molar-refractivity contribution in [2.24, 2.45) is 0 Å². The average molecular weight is 602 g/mol. The molecule has 3 aliphatic carbocycles. The van der Waals surface area contributed by atoms with Gasteiger partial charge in [-0.3, -0.25) is 9.59 Å². The van der Waals surface area contributed by atoms with E-state index < -0.39 is 11.8 Å². The van der Waals surface area contributed by atoms with E-state index in [-0.39, 0.29) is 33.5 Å². The fourth-order valence-corrected chi connectivity index (χ4v) is 8.78. The molecular formula is C41H31NO4. The lowest BCUT2D eigenvalue weighted by Gasteiger charge is -2.29. The number of carboxylic acids is 1. The van der Waals surface area contributed by atoms with Gasteiger partial charge in [0.25, 0.3) is 0 Å². The van der Waals surface area contributed by atoms with Gasteiger partial charge in [0.1, 0.15) is 0 Å². The third-order valence-electron chi connectivity index (χ3n) is 10.9. The van der Waals surface area contributed by atoms with E-state index in [0.29, 0.717) is 12.0 Å². The van der Waals surface area contributed by atoms with Crippen LogP contribution < -0.4 is 4.90 Å². The predicted octanol–water partition coefficient (Wildman–Crippen LogP) is 9.09. The number of fused-ring (bicyclic) bond motifs is 9. The van der Waals surface area contributed by atoms with E-state index in [4.69, 9.17) is 0 Å². The minimum Gasteiger partial charge on any atom is -0.478 e. The van der Waals surface area contributed by atoms with E-state index >= 15 is 0 Å². The lowest BCUT2D eigenvalue weighted by atomic mass is 9.82. The molecule has 5 aromatic rings. The summed E-state index contributed by atoms with van der Waals surface area (Å²) in [6.07, 6.45) is 5.06. The number of carbonyl (C=O) groups is 3. The first-order valence-corrected chi connectivity index (χ1v) is 16.0. The Morgan fingerprint density at radius 3 is 2.35 bits per heavy atom. The molecule has 1 N–H and O–H groups in total. The van der Waals surface area contributed by atoms with Gasteiger partial charge in [-0.2, -0.15) is 0 Å². The van der Waals surface area contributed by atoms with Crippen LogP contribution in [0, 0.1) is 0 Å². The van der Waals surface area contributed by atoms with Gasteiger partial charge in [-0.1, -0.05) is 74.9 Å². The van der Waals surface area contributed by atoms with Crippen LogP contribution in [0.1, 0.15) is 92.4 Å². The van der Waals surface area contributed by atoms with E-state index in [1.54, 1.807) is 6.08 Å². The maximum atomic E-state index is 13.5. The Labute approximate surface area is 266 Å². The van der Waals surface area contributed by atoms with Crippen molar-refractivity contribution in [3.63, 3.8) is 0 Å². The first-order chi connectivity index (χ1) is 22.2. The van der Waals surface area contributed by atoms with Crippen LogP contribution in [0.5, 0.6) is 0 Å². The van der Waals surface area contributed by atoms with Crippen molar-refractivity contribution in [2.45, 2.75) is 50.5 Å². The number of benzene rings is 5. The summed E-state index contributed by atoms with van der Waals surface area (Å²) in [7, 11) is 0. The smallest absolute Gasteiger partial charge is 0.335 e. The Kier molecular flexibility index (Phi) is 5.51. The summed E-state index contributed by atoms with van der Waals surface area (Å²) in [5.74, 6) is -1.56. The van der Waals surface area contributed by atoms with Crippen molar-refractivity contribution in [2.75, 3.05) is 4.90 Å². The molecule has 2 atom stereocenters. The third-order valence-corrected chi connectivity index (χ3v) is 10.9. The molecular weight excluding hydrogens is 570 g/mol. The maximum Gasteiger partial charge on any atom is 0.335 e. The van der Waals surface area contributed by atoms with Gasteiger partial charge >= 0.3 is 5.97 Å². The SMILES string of the molecule is CC1(C)c2ccccc2-c2cc(N3c4c(cc(/C=C5\C(=O)c6ccc(C(=O)O)cc6C5=O)c5ccccc45)C4CCCC43)ccc21. The molecule has 4 aliphatic rings. The second-order valence-electron chi connectivity index (χ2n) is 13.6. The maximum absolute atomic E-state index is 13.5. The number of rotatable bonds is 3. The van der Waals surface area contributed by atoms with Crippen LogP contribution >= 0.6 is 0 Å². The molecule has 0 radical (unpaired) electrons. The lowest BCUT2D eigenvalue weighted by molar-refractivity contribution is 0.0696. The third kappa shape index (κ3) is 3.54. The summed E-state index contributed by atoms with van der Waals surface area (Å²) in [6, 6.07) is 30.7. The molecule has 1 aliphatic heterocycles. The Balaban J connectivity index is 1.21. The highest BCUT2D eigenvalue weighted by atomic mass is 16.4. The van der Waals surface area contributed by atoms with Gasteiger partial charge in [0.15, 0.2) is 11.6 Å². The summed E-state index contributed by atoms with van der Waals surface area (Å²) in [6.45, 7) is 4.62. The Bertz CT molecular complexity index is 2260. The monoisotopic (exact) mass is 601 g/mol. The van der Waals surface area contributed by atoms with Crippen LogP contribution in [-0.4, -0.2) is 28.7 Å². The summed E-state index contributed by atoms with van der Waals surface area (Å²) < 4.78 is 0. The second-order valence-corrected chi connectivity index (χ2v) is 13.6. The topological polar surface area (TPSA) is 74.7 Å². The molecule has 1 heterocycles. The molecule has 1 fully saturated rings. The number of aromatic carboxylic acids is 1. The second kappa shape index (κ2) is 9.37. The molecule has 224 valence electrons. The standard InChI is InChI=1S/C41H31NO4/c1-41(2)34-12-6-5-9-26(34)30-21-24(15-17-35(30)41)42-36-13-7-11-27(36)31-19-23(25-8-3-4-10-28(25)37(31)42)20-33-38(43)29-16-14-22(40(45)46)18-32(29)39(33)44/h3-6,8-10,12,14-21,27,36H,7,11,13H2,1-2H3,(H,45,46)/b33-20+. The Morgan fingerprint density at radius 2 is 1.52 bits per heavy atom. The van der Waals surface area contributed by atoms with Gasteiger partial charge in [0.05, 0.1) is 16.8 Å². The summed E-state index contributed by atoms with van der Waals surface area (Å²) >= 11 is 0. The van der Waals surface area contributed by atoms with E-state index in [1.807, 2.05) is 6.07 Å². The summed E-state index contributed by atoms with van der Waals surface area (Å²) in [5.41, 5.74) is 10.3. The molecule has 5 aromatic carbocycles. The number of carbonyl (C=O) groups excluding carboxylic acids is 2. The van der Waals surface area contributed by atoms with Gasteiger partial charge in [-0.25, -0.2) is 4.79 Å². The highest BCUT2D eigenvalue weighted by Crippen LogP contribution is 2.57. The molecule has 0 aromatic heterocycles. The molecule has 0 saturated heterocycles. The van der Waals surface area contributed by atoms with Crippen molar-refractivity contribution in [1.82, 2.24) is 0 Å². The fourth-order valence-electron chi connectivity index (χ4n) is 8.78. The number of carboxylic acid groups (broad SMARTS) is 1. The molecule has 46 heavy (non-hydrogen) atoms. The predicted molar refractivity (Wildman–Crippen MR) is 181 cm³/mol. The van der Waals surface area contributed by atoms with Gasteiger partial charge in [0, 0.05) is 39.6 Å².